The molecular formula is C19H19F2NO2. The molecule has 126 valence electrons. The van der Waals surface area contributed by atoms with E-state index in [0.29, 0.717) is 37.3 Å². The average Bonchev–Trinajstić information content (AvgIpc) is 3.37. The summed E-state index contributed by atoms with van der Waals surface area (Å²) < 4.78 is 31.9. The van der Waals surface area contributed by atoms with Crippen molar-refractivity contribution in [3.63, 3.8) is 0 Å². The van der Waals surface area contributed by atoms with Crippen LogP contribution in [0.1, 0.15) is 24.3 Å². The van der Waals surface area contributed by atoms with Crippen molar-refractivity contribution in [2.75, 3.05) is 13.2 Å². The molecule has 0 spiro atoms. The van der Waals surface area contributed by atoms with Gasteiger partial charge < -0.3 is 10.1 Å². The second-order valence-electron chi connectivity index (χ2n) is 5.92. The summed E-state index contributed by atoms with van der Waals surface area (Å²) in [6.07, 6.45) is 1.35. The first-order valence-electron chi connectivity index (χ1n) is 8.05. The summed E-state index contributed by atoms with van der Waals surface area (Å²) in [5.41, 5.74) is 0.622. The van der Waals surface area contributed by atoms with Crippen LogP contribution in [0.2, 0.25) is 0 Å². The number of benzene rings is 2. The maximum atomic E-state index is 13.7. The maximum absolute atomic E-state index is 13.7. The number of rotatable bonds is 7. The van der Waals surface area contributed by atoms with Crippen LogP contribution in [0, 0.1) is 17.6 Å². The summed E-state index contributed by atoms with van der Waals surface area (Å²) in [4.78, 5) is 12.1. The molecule has 0 radical (unpaired) electrons. The van der Waals surface area contributed by atoms with Gasteiger partial charge in [0.25, 0.3) is 0 Å². The number of amides is 1. The highest BCUT2D eigenvalue weighted by atomic mass is 19.1. The van der Waals surface area contributed by atoms with Crippen molar-refractivity contribution in [3.8, 4) is 5.75 Å². The van der Waals surface area contributed by atoms with Gasteiger partial charge in [-0.05, 0) is 54.7 Å². The van der Waals surface area contributed by atoms with E-state index in [1.807, 2.05) is 0 Å². The SMILES string of the molecule is O=C(NCCCOc1ccc(F)cc1)C1CC1c1ccccc1F. The third-order valence-corrected chi connectivity index (χ3v) is 4.13. The molecule has 1 aliphatic rings. The van der Waals surface area contributed by atoms with Crippen molar-refractivity contribution in [2.45, 2.75) is 18.8 Å². The average molecular weight is 331 g/mol. The number of carbonyl (C=O) groups excluding carboxylic acids is 1. The number of hydrogen-bond donors (Lipinski definition) is 1. The number of halogens is 2. The Morgan fingerprint density at radius 1 is 1.12 bits per heavy atom. The molecule has 5 heteroatoms. The molecule has 2 atom stereocenters. The first kappa shape index (κ1) is 16.4. The number of nitrogens with one attached hydrogen (secondary N) is 1. The largest absolute Gasteiger partial charge is 0.494 e. The normalized spacial score (nSPS) is 18.9. The van der Waals surface area contributed by atoms with Crippen LogP contribution < -0.4 is 10.1 Å². The van der Waals surface area contributed by atoms with Gasteiger partial charge >= 0.3 is 0 Å². The molecule has 3 rings (SSSR count). The van der Waals surface area contributed by atoms with E-state index in [1.54, 1.807) is 30.3 Å². The molecule has 24 heavy (non-hydrogen) atoms. The summed E-state index contributed by atoms with van der Waals surface area (Å²) in [5, 5.41) is 2.86. The van der Waals surface area contributed by atoms with E-state index < -0.39 is 0 Å². The second kappa shape index (κ2) is 7.43. The molecule has 2 unspecified atom stereocenters. The van der Waals surface area contributed by atoms with Crippen molar-refractivity contribution in [3.05, 3.63) is 65.7 Å². The second-order valence-corrected chi connectivity index (χ2v) is 5.92. The predicted molar refractivity (Wildman–Crippen MR) is 86.8 cm³/mol. The molecule has 3 nitrogen and oxygen atoms in total. The summed E-state index contributed by atoms with van der Waals surface area (Å²) in [6.45, 7) is 0.938. The molecule has 2 aromatic rings. The summed E-state index contributed by atoms with van der Waals surface area (Å²) in [5.74, 6) is -0.134. The van der Waals surface area contributed by atoms with Crippen LogP contribution in [0.5, 0.6) is 5.75 Å². The Morgan fingerprint density at radius 2 is 1.88 bits per heavy atom. The van der Waals surface area contributed by atoms with Gasteiger partial charge in [0, 0.05) is 12.5 Å². The molecule has 0 heterocycles. The van der Waals surface area contributed by atoms with E-state index in [0.717, 1.165) is 0 Å². The molecule has 1 aliphatic carbocycles. The van der Waals surface area contributed by atoms with Crippen LogP contribution in [-0.4, -0.2) is 19.1 Å². The van der Waals surface area contributed by atoms with E-state index in [1.165, 1.54) is 18.2 Å². The quantitative estimate of drug-likeness (QED) is 0.787. The highest BCUT2D eigenvalue weighted by molar-refractivity contribution is 5.82. The Balaban J connectivity index is 1.35. The fraction of sp³-hybridized carbons (Fsp3) is 0.316. The van der Waals surface area contributed by atoms with Gasteiger partial charge in [-0.1, -0.05) is 18.2 Å². The van der Waals surface area contributed by atoms with E-state index in [2.05, 4.69) is 5.32 Å². The Bertz CT molecular complexity index is 703. The van der Waals surface area contributed by atoms with Crippen molar-refractivity contribution in [2.24, 2.45) is 5.92 Å². The van der Waals surface area contributed by atoms with E-state index in [4.69, 9.17) is 4.74 Å². The molecule has 0 saturated heterocycles. The first-order valence-corrected chi connectivity index (χ1v) is 8.05. The van der Waals surface area contributed by atoms with Gasteiger partial charge in [-0.25, -0.2) is 8.78 Å². The Hall–Kier alpha value is -2.43. The van der Waals surface area contributed by atoms with E-state index >= 15 is 0 Å². The summed E-state index contributed by atoms with van der Waals surface area (Å²) in [7, 11) is 0. The number of ether oxygens (including phenoxy) is 1. The van der Waals surface area contributed by atoms with Crippen molar-refractivity contribution >= 4 is 5.91 Å². The van der Waals surface area contributed by atoms with Crippen LogP contribution >= 0.6 is 0 Å². The zero-order chi connectivity index (χ0) is 16.9. The zero-order valence-corrected chi connectivity index (χ0v) is 13.2. The van der Waals surface area contributed by atoms with Crippen LogP contribution in [0.3, 0.4) is 0 Å². The topological polar surface area (TPSA) is 38.3 Å². The zero-order valence-electron chi connectivity index (χ0n) is 13.2. The molecule has 1 N–H and O–H groups in total. The summed E-state index contributed by atoms with van der Waals surface area (Å²) in [6, 6.07) is 12.4. The number of carbonyl (C=O) groups is 1. The van der Waals surface area contributed by atoms with Crippen LogP contribution in [0.15, 0.2) is 48.5 Å². The molecule has 1 saturated carbocycles. The van der Waals surface area contributed by atoms with Crippen LogP contribution in [-0.2, 0) is 4.79 Å². The first-order chi connectivity index (χ1) is 11.6. The van der Waals surface area contributed by atoms with Gasteiger partial charge in [0.1, 0.15) is 17.4 Å². The van der Waals surface area contributed by atoms with Crippen LogP contribution in [0.25, 0.3) is 0 Å². The van der Waals surface area contributed by atoms with Gasteiger partial charge in [0.05, 0.1) is 6.61 Å². The molecular weight excluding hydrogens is 312 g/mol. The van der Waals surface area contributed by atoms with Gasteiger partial charge in [-0.3, -0.25) is 4.79 Å². The third-order valence-electron chi connectivity index (χ3n) is 4.13. The lowest BCUT2D eigenvalue weighted by molar-refractivity contribution is -0.122. The number of hydrogen-bond acceptors (Lipinski definition) is 2. The fourth-order valence-corrected chi connectivity index (χ4v) is 2.74. The molecule has 0 aliphatic heterocycles. The minimum Gasteiger partial charge on any atom is -0.494 e. The maximum Gasteiger partial charge on any atom is 0.223 e. The minimum absolute atomic E-state index is 0.0123. The van der Waals surface area contributed by atoms with E-state index in [9.17, 15) is 13.6 Å². The van der Waals surface area contributed by atoms with Crippen molar-refractivity contribution in [1.82, 2.24) is 5.32 Å². The monoisotopic (exact) mass is 331 g/mol. The van der Waals surface area contributed by atoms with Crippen LogP contribution in [0.4, 0.5) is 8.78 Å². The standard InChI is InChI=1S/C19H19F2NO2/c20-13-6-8-14(9-7-13)24-11-3-10-22-19(23)17-12-16(17)15-4-1-2-5-18(15)21/h1-2,4-9,16-17H,3,10-12H2,(H,22,23). The smallest absolute Gasteiger partial charge is 0.223 e. The molecule has 2 aromatic carbocycles. The van der Waals surface area contributed by atoms with Crippen molar-refractivity contribution in [1.29, 1.82) is 0 Å². The third kappa shape index (κ3) is 4.10. The van der Waals surface area contributed by atoms with Gasteiger partial charge in [0.2, 0.25) is 5.91 Å². The lowest BCUT2D eigenvalue weighted by Gasteiger charge is -2.07. The lowest BCUT2D eigenvalue weighted by Crippen LogP contribution is -2.27. The van der Waals surface area contributed by atoms with Gasteiger partial charge in [0.15, 0.2) is 0 Å². The molecule has 1 amide bonds. The highest BCUT2D eigenvalue weighted by Gasteiger charge is 2.44. The summed E-state index contributed by atoms with van der Waals surface area (Å²) >= 11 is 0. The van der Waals surface area contributed by atoms with Gasteiger partial charge in [-0.2, -0.15) is 0 Å². The highest BCUT2D eigenvalue weighted by Crippen LogP contribution is 2.48. The lowest BCUT2D eigenvalue weighted by atomic mass is 10.1. The predicted octanol–water partition coefficient (Wildman–Crippen LogP) is 3.65. The molecule has 0 aromatic heterocycles. The Morgan fingerprint density at radius 3 is 2.62 bits per heavy atom. The Kier molecular flexibility index (Phi) is 5.08. The molecule has 1 fully saturated rings. The minimum atomic E-state index is -0.302. The van der Waals surface area contributed by atoms with E-state index in [-0.39, 0.29) is 29.4 Å². The van der Waals surface area contributed by atoms with Crippen molar-refractivity contribution < 1.29 is 18.3 Å². The fourth-order valence-electron chi connectivity index (χ4n) is 2.74. The molecule has 0 bridgehead atoms. The van der Waals surface area contributed by atoms with Gasteiger partial charge in [-0.15, -0.1) is 0 Å². The Labute approximate surface area is 139 Å².